The second-order valence-corrected chi connectivity index (χ2v) is 7.11. The second kappa shape index (κ2) is 7.55. The van der Waals surface area contributed by atoms with E-state index in [9.17, 15) is 15.2 Å². The minimum atomic E-state index is -0.370. The Morgan fingerprint density at radius 3 is 2.78 bits per heavy atom. The van der Waals surface area contributed by atoms with E-state index < -0.39 is 0 Å². The first kappa shape index (κ1) is 17.4. The SMILES string of the molecule is Cc1c(CN2CC=C(SCC(C)C)C=C2O)cccc1[N+](=O)[O-]. The van der Waals surface area contributed by atoms with E-state index in [-0.39, 0.29) is 16.5 Å². The van der Waals surface area contributed by atoms with Crippen LogP contribution < -0.4 is 0 Å². The topological polar surface area (TPSA) is 66.6 Å². The van der Waals surface area contributed by atoms with Gasteiger partial charge in [-0.2, -0.15) is 0 Å². The average molecular weight is 334 g/mol. The van der Waals surface area contributed by atoms with Gasteiger partial charge in [0, 0.05) is 41.5 Å². The van der Waals surface area contributed by atoms with Gasteiger partial charge in [0.25, 0.3) is 5.69 Å². The van der Waals surface area contributed by atoms with Gasteiger partial charge in [-0.25, -0.2) is 0 Å². The van der Waals surface area contributed by atoms with Crippen LogP contribution in [0.5, 0.6) is 0 Å². The summed E-state index contributed by atoms with van der Waals surface area (Å²) in [6.45, 7) is 7.13. The van der Waals surface area contributed by atoms with Gasteiger partial charge in [-0.05, 0) is 18.4 Å². The molecule has 1 N–H and O–H groups in total. The van der Waals surface area contributed by atoms with Gasteiger partial charge < -0.3 is 10.0 Å². The molecule has 0 radical (unpaired) electrons. The van der Waals surface area contributed by atoms with Crippen molar-refractivity contribution in [2.45, 2.75) is 27.3 Å². The minimum absolute atomic E-state index is 0.117. The van der Waals surface area contributed by atoms with Crippen molar-refractivity contribution in [1.82, 2.24) is 4.90 Å². The zero-order valence-corrected chi connectivity index (χ0v) is 14.5. The maximum atomic E-state index is 11.0. The number of allylic oxidation sites excluding steroid dienone is 1. The lowest BCUT2D eigenvalue weighted by atomic mass is 10.1. The summed E-state index contributed by atoms with van der Waals surface area (Å²) in [6.07, 6.45) is 3.85. The van der Waals surface area contributed by atoms with Crippen molar-refractivity contribution in [3.63, 3.8) is 0 Å². The zero-order chi connectivity index (χ0) is 17.0. The van der Waals surface area contributed by atoms with Crippen LogP contribution >= 0.6 is 11.8 Å². The highest BCUT2D eigenvalue weighted by molar-refractivity contribution is 8.03. The molecule has 0 saturated carbocycles. The van der Waals surface area contributed by atoms with Crippen LogP contribution in [0.15, 0.2) is 41.1 Å². The highest BCUT2D eigenvalue weighted by Gasteiger charge is 2.18. The summed E-state index contributed by atoms with van der Waals surface area (Å²) >= 11 is 1.74. The van der Waals surface area contributed by atoms with E-state index in [1.54, 1.807) is 30.8 Å². The Kier molecular flexibility index (Phi) is 5.71. The third-order valence-electron chi connectivity index (χ3n) is 3.67. The molecule has 124 valence electrons. The monoisotopic (exact) mass is 334 g/mol. The van der Waals surface area contributed by atoms with Crippen LogP contribution in [-0.4, -0.2) is 27.2 Å². The summed E-state index contributed by atoms with van der Waals surface area (Å²) in [6, 6.07) is 5.05. The van der Waals surface area contributed by atoms with Gasteiger partial charge in [-0.1, -0.05) is 32.1 Å². The number of nitro groups is 1. The van der Waals surface area contributed by atoms with Crippen LogP contribution in [0.3, 0.4) is 0 Å². The van der Waals surface area contributed by atoms with E-state index in [1.165, 1.54) is 6.07 Å². The minimum Gasteiger partial charge on any atom is -0.495 e. The smallest absolute Gasteiger partial charge is 0.272 e. The highest BCUT2D eigenvalue weighted by atomic mass is 32.2. The molecule has 1 aromatic rings. The van der Waals surface area contributed by atoms with Gasteiger partial charge >= 0.3 is 0 Å². The first-order chi connectivity index (χ1) is 10.9. The van der Waals surface area contributed by atoms with Crippen LogP contribution in [0.25, 0.3) is 0 Å². The Morgan fingerprint density at radius 2 is 2.17 bits per heavy atom. The van der Waals surface area contributed by atoms with E-state index >= 15 is 0 Å². The van der Waals surface area contributed by atoms with Gasteiger partial charge in [0.05, 0.1) is 4.92 Å². The summed E-state index contributed by atoms with van der Waals surface area (Å²) in [5, 5.41) is 21.3. The third kappa shape index (κ3) is 4.51. The van der Waals surface area contributed by atoms with Crippen molar-refractivity contribution < 1.29 is 10.0 Å². The second-order valence-electron chi connectivity index (χ2n) is 6.01. The molecule has 6 heteroatoms. The van der Waals surface area contributed by atoms with Crippen LogP contribution in [-0.2, 0) is 6.54 Å². The largest absolute Gasteiger partial charge is 0.495 e. The highest BCUT2D eigenvalue weighted by Crippen LogP contribution is 2.28. The Labute approximate surface area is 140 Å². The molecule has 0 bridgehead atoms. The number of hydrogen-bond acceptors (Lipinski definition) is 5. The Morgan fingerprint density at radius 1 is 1.43 bits per heavy atom. The molecule has 0 unspecified atom stereocenters. The molecular formula is C17H22N2O3S. The number of hydrogen-bond donors (Lipinski definition) is 1. The number of rotatable bonds is 6. The molecule has 0 aliphatic carbocycles. The normalized spacial score (nSPS) is 14.7. The summed E-state index contributed by atoms with van der Waals surface area (Å²) in [5.41, 5.74) is 1.62. The summed E-state index contributed by atoms with van der Waals surface area (Å²) in [4.78, 5) is 13.5. The zero-order valence-electron chi connectivity index (χ0n) is 13.7. The first-order valence-electron chi connectivity index (χ1n) is 7.60. The molecule has 0 saturated heterocycles. The van der Waals surface area contributed by atoms with Gasteiger partial charge in [0.15, 0.2) is 5.88 Å². The Balaban J connectivity index is 2.07. The molecular weight excluding hydrogens is 312 g/mol. The molecule has 0 atom stereocenters. The molecule has 0 spiro atoms. The Hall–Kier alpha value is -1.95. The van der Waals surface area contributed by atoms with Gasteiger partial charge in [-0.15, -0.1) is 11.8 Å². The number of nitro benzene ring substituents is 1. The lowest BCUT2D eigenvalue weighted by Crippen LogP contribution is -2.25. The average Bonchev–Trinajstić information content (AvgIpc) is 2.49. The van der Waals surface area contributed by atoms with Gasteiger partial charge in [0.1, 0.15) is 0 Å². The maximum Gasteiger partial charge on any atom is 0.272 e. The fourth-order valence-electron chi connectivity index (χ4n) is 2.32. The van der Waals surface area contributed by atoms with Crippen LogP contribution in [0, 0.1) is 23.0 Å². The lowest BCUT2D eigenvalue weighted by molar-refractivity contribution is -0.385. The van der Waals surface area contributed by atoms with E-state index in [0.717, 1.165) is 16.2 Å². The van der Waals surface area contributed by atoms with E-state index in [4.69, 9.17) is 0 Å². The number of thioether (sulfide) groups is 1. The number of benzene rings is 1. The molecule has 1 aromatic carbocycles. The summed E-state index contributed by atoms with van der Waals surface area (Å²) in [7, 11) is 0. The molecule has 1 aliphatic heterocycles. The Bertz CT molecular complexity index is 653. The van der Waals surface area contributed by atoms with Crippen molar-refractivity contribution >= 4 is 17.4 Å². The molecule has 1 heterocycles. The molecule has 0 aromatic heterocycles. The fourth-order valence-corrected chi connectivity index (χ4v) is 3.23. The molecule has 23 heavy (non-hydrogen) atoms. The van der Waals surface area contributed by atoms with Gasteiger partial charge in [0.2, 0.25) is 0 Å². The van der Waals surface area contributed by atoms with E-state index in [0.29, 0.717) is 24.6 Å². The summed E-state index contributed by atoms with van der Waals surface area (Å²) < 4.78 is 0. The van der Waals surface area contributed by atoms with Crippen LogP contribution in [0.2, 0.25) is 0 Å². The van der Waals surface area contributed by atoms with E-state index in [1.807, 2.05) is 11.0 Å². The molecule has 0 fully saturated rings. The number of aliphatic hydroxyl groups is 1. The quantitative estimate of drug-likeness (QED) is 0.617. The van der Waals surface area contributed by atoms with Crippen molar-refractivity contribution in [3.8, 4) is 0 Å². The molecule has 1 aliphatic rings. The van der Waals surface area contributed by atoms with Crippen LogP contribution in [0.1, 0.15) is 25.0 Å². The van der Waals surface area contributed by atoms with Crippen molar-refractivity contribution in [2.75, 3.05) is 12.3 Å². The predicted octanol–water partition coefficient (Wildman–Crippen LogP) is 4.39. The predicted molar refractivity (Wildman–Crippen MR) is 94.3 cm³/mol. The van der Waals surface area contributed by atoms with Crippen LogP contribution in [0.4, 0.5) is 5.69 Å². The van der Waals surface area contributed by atoms with Crippen molar-refractivity contribution in [2.24, 2.45) is 5.92 Å². The first-order valence-corrected chi connectivity index (χ1v) is 8.58. The van der Waals surface area contributed by atoms with Crippen molar-refractivity contribution in [3.05, 3.63) is 62.4 Å². The number of nitrogens with zero attached hydrogens (tertiary/aromatic N) is 2. The van der Waals surface area contributed by atoms with E-state index in [2.05, 4.69) is 19.9 Å². The maximum absolute atomic E-state index is 11.0. The summed E-state index contributed by atoms with van der Waals surface area (Å²) in [5.74, 6) is 1.83. The number of aliphatic hydroxyl groups excluding tert-OH is 1. The molecule has 2 rings (SSSR count). The van der Waals surface area contributed by atoms with Crippen molar-refractivity contribution in [1.29, 1.82) is 0 Å². The fraction of sp³-hybridized carbons (Fsp3) is 0.412. The molecule has 0 amide bonds. The van der Waals surface area contributed by atoms with Gasteiger partial charge in [-0.3, -0.25) is 10.1 Å². The lowest BCUT2D eigenvalue weighted by Gasteiger charge is -2.26. The third-order valence-corrected chi connectivity index (χ3v) is 5.12. The molecule has 5 nitrogen and oxygen atoms in total. The standard InChI is InChI=1S/C17H22N2O3S/c1-12(2)11-23-15-7-8-18(17(20)9-15)10-14-5-4-6-16(13(14)3)19(21)22/h4-7,9,12,20H,8,10-11H2,1-3H3.